The second-order valence-corrected chi connectivity index (χ2v) is 14.5. The lowest BCUT2D eigenvalue weighted by atomic mass is 10.0. The molecule has 314 valence electrons. The fourth-order valence-electron chi connectivity index (χ4n) is 4.89. The Morgan fingerprint density at radius 1 is 0.583 bits per heavy atom. The van der Waals surface area contributed by atoms with E-state index in [9.17, 15) is 36.7 Å². The van der Waals surface area contributed by atoms with Crippen molar-refractivity contribution in [2.45, 2.75) is 52.7 Å². The summed E-state index contributed by atoms with van der Waals surface area (Å²) in [4.78, 5) is 68.9. The molecule has 14 nitrogen and oxygen atoms in total. The number of hydroxylamine groups is 2. The maximum absolute atomic E-state index is 14.8. The highest BCUT2D eigenvalue weighted by atomic mass is 19.1. The van der Waals surface area contributed by atoms with E-state index in [1.165, 1.54) is 37.7 Å². The molecule has 2 aromatic heterocycles. The van der Waals surface area contributed by atoms with Crippen molar-refractivity contribution in [1.29, 1.82) is 0 Å². The number of benzene rings is 4. The average Bonchev–Trinajstić information content (AvgIpc) is 3.18. The number of carbonyl (C=O) groups is 4. The molecule has 2 N–H and O–H groups in total. The summed E-state index contributed by atoms with van der Waals surface area (Å²) in [7, 11) is 3.00. The van der Waals surface area contributed by atoms with Crippen LogP contribution in [-0.4, -0.2) is 74.2 Å². The Bertz CT molecular complexity index is 2530. The molecule has 0 spiro atoms. The quantitative estimate of drug-likeness (QED) is 0.0931. The standard InChI is InChI=1S/C20H17F2N3O3.C11H13F2NO2.C11H11N3O2/c1-20(2,3)28-19(27)25-14-7-5-12(21)16(17(14)22)18(26)11-4-6-13-15(10-11)24-9-8-23-13;1-11(2,3)16-10(15)14-9-5-4-7(12)6-8(9)13;1-14(16-2)11(15)8-3-4-9-10(7-8)13-6-5-12-9/h4-10H,1-3H3,(H,25,27);4-6H,1-3H3,(H,14,15);3-7H,1-2H3. The van der Waals surface area contributed by atoms with Crippen LogP contribution in [0.25, 0.3) is 22.1 Å². The summed E-state index contributed by atoms with van der Waals surface area (Å²) in [6.45, 7) is 10.00. The monoisotopic (exact) mass is 831 g/mol. The molecule has 0 fully saturated rings. The third kappa shape index (κ3) is 13.0. The zero-order valence-corrected chi connectivity index (χ0v) is 33.8. The molecule has 4 aromatic carbocycles. The summed E-state index contributed by atoms with van der Waals surface area (Å²) in [6, 6.07) is 14.3. The molecule has 0 saturated heterocycles. The van der Waals surface area contributed by atoms with Gasteiger partial charge in [0.15, 0.2) is 11.6 Å². The number of nitrogens with zero attached hydrogens (tertiary/aromatic N) is 5. The summed E-state index contributed by atoms with van der Waals surface area (Å²) in [6.07, 6.45) is 4.45. The summed E-state index contributed by atoms with van der Waals surface area (Å²) in [5, 5.41) is 5.55. The van der Waals surface area contributed by atoms with Crippen LogP contribution in [0.5, 0.6) is 0 Å². The van der Waals surface area contributed by atoms with Gasteiger partial charge in [0, 0.05) is 49.0 Å². The Labute approximate surface area is 341 Å². The van der Waals surface area contributed by atoms with Crippen LogP contribution >= 0.6 is 0 Å². The highest BCUT2D eigenvalue weighted by Gasteiger charge is 2.25. The number of rotatable bonds is 6. The lowest BCUT2D eigenvalue weighted by Crippen LogP contribution is -2.27. The van der Waals surface area contributed by atoms with Gasteiger partial charge in [-0.2, -0.15) is 0 Å². The molecular formula is C42H41F4N7O7. The van der Waals surface area contributed by atoms with Crippen molar-refractivity contribution >= 4 is 57.3 Å². The fourth-order valence-corrected chi connectivity index (χ4v) is 4.89. The van der Waals surface area contributed by atoms with Gasteiger partial charge in [-0.05, 0) is 102 Å². The Morgan fingerprint density at radius 3 is 1.55 bits per heavy atom. The van der Waals surface area contributed by atoms with Gasteiger partial charge in [-0.25, -0.2) is 32.2 Å². The smallest absolute Gasteiger partial charge is 0.412 e. The number of halogens is 4. The summed E-state index contributed by atoms with van der Waals surface area (Å²) in [5.74, 6) is -4.87. The van der Waals surface area contributed by atoms with Crippen molar-refractivity contribution in [3.05, 3.63) is 131 Å². The molecule has 0 unspecified atom stereocenters. The van der Waals surface area contributed by atoms with E-state index in [0.717, 1.165) is 34.8 Å². The van der Waals surface area contributed by atoms with Crippen LogP contribution in [0, 0.1) is 23.3 Å². The summed E-state index contributed by atoms with van der Waals surface area (Å²) < 4.78 is 64.7. The van der Waals surface area contributed by atoms with E-state index in [1.54, 1.807) is 79.2 Å². The van der Waals surface area contributed by atoms with E-state index in [2.05, 4.69) is 30.6 Å². The zero-order valence-electron chi connectivity index (χ0n) is 33.8. The third-order valence-corrected chi connectivity index (χ3v) is 7.53. The molecule has 2 heterocycles. The first-order valence-corrected chi connectivity index (χ1v) is 17.9. The number of carbonyl (C=O) groups excluding carboxylic acids is 4. The molecule has 0 saturated carbocycles. The predicted octanol–water partition coefficient (Wildman–Crippen LogP) is 9.06. The van der Waals surface area contributed by atoms with Crippen molar-refractivity contribution in [2.75, 3.05) is 24.8 Å². The minimum atomic E-state index is -1.19. The number of amides is 3. The molecule has 0 atom stereocenters. The van der Waals surface area contributed by atoms with Crippen LogP contribution in [0.4, 0.5) is 38.5 Å². The van der Waals surface area contributed by atoms with E-state index in [4.69, 9.17) is 14.3 Å². The van der Waals surface area contributed by atoms with E-state index in [0.29, 0.717) is 28.2 Å². The lowest BCUT2D eigenvalue weighted by Gasteiger charge is -2.20. The summed E-state index contributed by atoms with van der Waals surface area (Å²) in [5.41, 5.74) is 0.255. The Kier molecular flexibility index (Phi) is 14.9. The van der Waals surface area contributed by atoms with Crippen molar-refractivity contribution in [1.82, 2.24) is 25.0 Å². The van der Waals surface area contributed by atoms with Crippen molar-refractivity contribution in [3.63, 3.8) is 0 Å². The SMILES string of the molecule is CC(C)(C)OC(=O)Nc1ccc(F)c(C(=O)c2ccc3nccnc3c2)c1F.CC(C)(C)OC(=O)Nc1ccc(F)cc1F.CON(C)C(=O)c1ccc2nccnc2c1. The topological polar surface area (TPSA) is 175 Å². The lowest BCUT2D eigenvalue weighted by molar-refractivity contribution is -0.0756. The van der Waals surface area contributed by atoms with Crippen LogP contribution < -0.4 is 10.6 Å². The number of fused-ring (bicyclic) bond motifs is 2. The largest absolute Gasteiger partial charge is 0.444 e. The Balaban J connectivity index is 0.000000213. The number of hydrogen-bond acceptors (Lipinski definition) is 11. The van der Waals surface area contributed by atoms with Gasteiger partial charge in [0.2, 0.25) is 0 Å². The van der Waals surface area contributed by atoms with Crippen LogP contribution in [0.3, 0.4) is 0 Å². The van der Waals surface area contributed by atoms with Gasteiger partial charge < -0.3 is 9.47 Å². The number of ketones is 1. The van der Waals surface area contributed by atoms with Gasteiger partial charge in [-0.15, -0.1) is 0 Å². The molecular weight excluding hydrogens is 790 g/mol. The maximum atomic E-state index is 14.8. The maximum Gasteiger partial charge on any atom is 0.412 e. The molecule has 6 rings (SSSR count). The Hall–Kier alpha value is -7.08. The van der Waals surface area contributed by atoms with Gasteiger partial charge in [0.05, 0.1) is 46.1 Å². The van der Waals surface area contributed by atoms with Crippen LogP contribution in [0.15, 0.2) is 91.5 Å². The van der Waals surface area contributed by atoms with E-state index >= 15 is 0 Å². The molecule has 0 bridgehead atoms. The minimum Gasteiger partial charge on any atom is -0.444 e. The van der Waals surface area contributed by atoms with Crippen molar-refractivity contribution < 1.29 is 51.1 Å². The Morgan fingerprint density at radius 2 is 1.05 bits per heavy atom. The second kappa shape index (κ2) is 19.6. The van der Waals surface area contributed by atoms with Gasteiger partial charge in [0.1, 0.15) is 28.7 Å². The molecule has 0 radical (unpaired) electrons. The van der Waals surface area contributed by atoms with E-state index in [-0.39, 0.29) is 22.8 Å². The number of ether oxygens (including phenoxy) is 2. The third-order valence-electron chi connectivity index (χ3n) is 7.53. The van der Waals surface area contributed by atoms with Crippen LogP contribution in [-0.2, 0) is 14.3 Å². The predicted molar refractivity (Wildman–Crippen MR) is 214 cm³/mol. The highest BCUT2D eigenvalue weighted by molar-refractivity contribution is 6.11. The molecule has 60 heavy (non-hydrogen) atoms. The molecule has 0 aliphatic carbocycles. The van der Waals surface area contributed by atoms with Crippen molar-refractivity contribution in [2.24, 2.45) is 0 Å². The molecule has 3 amide bonds. The number of aromatic nitrogens is 4. The highest BCUT2D eigenvalue weighted by Crippen LogP contribution is 2.26. The van der Waals surface area contributed by atoms with Crippen LogP contribution in [0.1, 0.15) is 67.8 Å². The summed E-state index contributed by atoms with van der Waals surface area (Å²) >= 11 is 0. The second-order valence-electron chi connectivity index (χ2n) is 14.5. The van der Waals surface area contributed by atoms with Gasteiger partial charge in [-0.1, -0.05) is 0 Å². The van der Waals surface area contributed by atoms with Gasteiger partial charge in [-0.3, -0.25) is 45.0 Å². The molecule has 18 heteroatoms. The first kappa shape index (κ1) is 45.6. The molecule has 6 aromatic rings. The number of anilines is 2. The van der Waals surface area contributed by atoms with Gasteiger partial charge in [0.25, 0.3) is 5.91 Å². The minimum absolute atomic E-state index is 0.0419. The molecule has 0 aliphatic heterocycles. The van der Waals surface area contributed by atoms with Crippen molar-refractivity contribution in [3.8, 4) is 0 Å². The first-order valence-electron chi connectivity index (χ1n) is 17.9. The normalized spacial score (nSPS) is 11.0. The average molecular weight is 832 g/mol. The number of nitrogens with one attached hydrogen (secondary N) is 2. The molecule has 0 aliphatic rings. The number of hydrogen-bond donors (Lipinski definition) is 2. The van der Waals surface area contributed by atoms with Gasteiger partial charge >= 0.3 is 12.2 Å². The van der Waals surface area contributed by atoms with E-state index < -0.39 is 58.0 Å². The fraction of sp³-hybridized carbons (Fsp3) is 0.238. The van der Waals surface area contributed by atoms with E-state index in [1.807, 2.05) is 0 Å². The zero-order chi connectivity index (χ0) is 44.4. The van der Waals surface area contributed by atoms with Crippen LogP contribution in [0.2, 0.25) is 0 Å². The first-order chi connectivity index (χ1) is 28.1.